The average Bonchev–Trinajstić information content (AvgIpc) is 2.58. The molecule has 1 atom stereocenters. The lowest BCUT2D eigenvalue weighted by Crippen LogP contribution is -2.30. The molecule has 0 aliphatic heterocycles. The zero-order chi connectivity index (χ0) is 11.3. The molecule has 0 aliphatic carbocycles. The van der Waals surface area contributed by atoms with Crippen LogP contribution < -0.4 is 5.32 Å². The number of carbonyl (C=O) groups excluding carboxylic acids is 1. The number of aliphatic hydroxyl groups is 1. The van der Waals surface area contributed by atoms with Gasteiger partial charge in [-0.15, -0.1) is 0 Å². The Labute approximate surface area is 89.1 Å². The van der Waals surface area contributed by atoms with E-state index >= 15 is 0 Å². The van der Waals surface area contributed by atoms with Gasteiger partial charge in [-0.2, -0.15) is 5.10 Å². The molecule has 1 unspecified atom stereocenters. The standard InChI is InChI=1S/C10H17N3O2/c1-8(14)5-11-10(15)4-3-9-6-12-13(2)7-9/h6-8,14H,3-5H2,1-2H3,(H,11,15). The fourth-order valence-corrected chi connectivity index (χ4v) is 1.21. The van der Waals surface area contributed by atoms with Gasteiger partial charge in [-0.05, 0) is 18.9 Å². The largest absolute Gasteiger partial charge is 0.392 e. The third-order valence-corrected chi connectivity index (χ3v) is 1.99. The molecule has 1 rings (SSSR count). The van der Waals surface area contributed by atoms with Crippen LogP contribution in [0.3, 0.4) is 0 Å². The summed E-state index contributed by atoms with van der Waals surface area (Å²) in [5.41, 5.74) is 1.05. The summed E-state index contributed by atoms with van der Waals surface area (Å²) >= 11 is 0. The fraction of sp³-hybridized carbons (Fsp3) is 0.600. The lowest BCUT2D eigenvalue weighted by Gasteiger charge is -2.06. The van der Waals surface area contributed by atoms with Crippen LogP contribution in [0.15, 0.2) is 12.4 Å². The van der Waals surface area contributed by atoms with Crippen molar-refractivity contribution >= 4 is 5.91 Å². The van der Waals surface area contributed by atoms with E-state index in [-0.39, 0.29) is 5.91 Å². The molecule has 1 aromatic rings. The van der Waals surface area contributed by atoms with Crippen molar-refractivity contribution < 1.29 is 9.90 Å². The average molecular weight is 211 g/mol. The number of nitrogens with one attached hydrogen (secondary N) is 1. The van der Waals surface area contributed by atoms with E-state index in [0.29, 0.717) is 19.4 Å². The Morgan fingerprint density at radius 3 is 3.00 bits per heavy atom. The molecule has 0 radical (unpaired) electrons. The Morgan fingerprint density at radius 1 is 1.73 bits per heavy atom. The van der Waals surface area contributed by atoms with Crippen LogP contribution in [0.25, 0.3) is 0 Å². The van der Waals surface area contributed by atoms with E-state index in [1.807, 2.05) is 13.2 Å². The number of hydrogen-bond acceptors (Lipinski definition) is 3. The van der Waals surface area contributed by atoms with Gasteiger partial charge in [-0.25, -0.2) is 0 Å². The summed E-state index contributed by atoms with van der Waals surface area (Å²) in [5.74, 6) is -0.0419. The predicted octanol–water partition coefficient (Wildman–Crippen LogP) is -0.150. The zero-order valence-electron chi connectivity index (χ0n) is 9.10. The summed E-state index contributed by atoms with van der Waals surface area (Å²) < 4.78 is 1.71. The monoisotopic (exact) mass is 211 g/mol. The van der Waals surface area contributed by atoms with Gasteiger partial charge < -0.3 is 10.4 Å². The van der Waals surface area contributed by atoms with E-state index in [0.717, 1.165) is 5.56 Å². The molecule has 1 aromatic heterocycles. The number of aliphatic hydroxyl groups excluding tert-OH is 1. The first-order chi connectivity index (χ1) is 7.08. The topological polar surface area (TPSA) is 67.2 Å². The highest BCUT2D eigenvalue weighted by Gasteiger charge is 2.04. The third kappa shape index (κ3) is 4.60. The van der Waals surface area contributed by atoms with Crippen molar-refractivity contribution in [2.45, 2.75) is 25.9 Å². The van der Waals surface area contributed by atoms with E-state index in [2.05, 4.69) is 10.4 Å². The highest BCUT2D eigenvalue weighted by atomic mass is 16.3. The number of hydrogen-bond donors (Lipinski definition) is 2. The van der Waals surface area contributed by atoms with E-state index in [1.165, 1.54) is 0 Å². The summed E-state index contributed by atoms with van der Waals surface area (Å²) in [6.07, 6.45) is 4.26. The fourth-order valence-electron chi connectivity index (χ4n) is 1.21. The molecule has 0 fully saturated rings. The van der Waals surface area contributed by atoms with Gasteiger partial charge in [-0.1, -0.05) is 0 Å². The maximum Gasteiger partial charge on any atom is 0.220 e. The molecular formula is C10H17N3O2. The van der Waals surface area contributed by atoms with Gasteiger partial charge in [0.15, 0.2) is 0 Å². The van der Waals surface area contributed by atoms with Gasteiger partial charge in [0, 0.05) is 26.2 Å². The SMILES string of the molecule is CC(O)CNC(=O)CCc1cnn(C)c1. The molecule has 5 nitrogen and oxygen atoms in total. The second-order valence-electron chi connectivity index (χ2n) is 3.68. The third-order valence-electron chi connectivity index (χ3n) is 1.99. The van der Waals surface area contributed by atoms with E-state index < -0.39 is 6.10 Å². The molecule has 0 aliphatic rings. The van der Waals surface area contributed by atoms with Crippen molar-refractivity contribution in [3.63, 3.8) is 0 Å². The normalized spacial score (nSPS) is 12.5. The van der Waals surface area contributed by atoms with Crippen LogP contribution >= 0.6 is 0 Å². The Balaban J connectivity index is 2.22. The van der Waals surface area contributed by atoms with Crippen LogP contribution in [0.4, 0.5) is 0 Å². The van der Waals surface area contributed by atoms with Crippen LogP contribution in [0.1, 0.15) is 18.9 Å². The number of aromatic nitrogens is 2. The van der Waals surface area contributed by atoms with Crippen molar-refractivity contribution in [2.24, 2.45) is 7.05 Å². The summed E-state index contributed by atoms with van der Waals surface area (Å²) in [5, 5.41) is 15.6. The smallest absolute Gasteiger partial charge is 0.220 e. The molecule has 0 aromatic carbocycles. The number of aryl methyl sites for hydroxylation is 2. The van der Waals surface area contributed by atoms with Gasteiger partial charge in [-0.3, -0.25) is 9.48 Å². The zero-order valence-corrected chi connectivity index (χ0v) is 9.10. The van der Waals surface area contributed by atoms with Gasteiger partial charge in [0.1, 0.15) is 0 Å². The summed E-state index contributed by atoms with van der Waals surface area (Å²) in [6, 6.07) is 0. The summed E-state index contributed by atoms with van der Waals surface area (Å²) in [4.78, 5) is 11.3. The lowest BCUT2D eigenvalue weighted by molar-refractivity contribution is -0.121. The molecule has 0 saturated heterocycles. The molecule has 5 heteroatoms. The van der Waals surface area contributed by atoms with Gasteiger partial charge in [0.2, 0.25) is 5.91 Å². The molecule has 2 N–H and O–H groups in total. The second kappa shape index (κ2) is 5.50. The Kier molecular flexibility index (Phi) is 4.30. The molecule has 15 heavy (non-hydrogen) atoms. The van der Waals surface area contributed by atoms with Crippen LogP contribution in [0.5, 0.6) is 0 Å². The highest BCUT2D eigenvalue weighted by molar-refractivity contribution is 5.76. The molecular weight excluding hydrogens is 194 g/mol. The van der Waals surface area contributed by atoms with Gasteiger partial charge >= 0.3 is 0 Å². The van der Waals surface area contributed by atoms with Crippen LogP contribution in [-0.4, -0.2) is 33.4 Å². The second-order valence-corrected chi connectivity index (χ2v) is 3.68. The van der Waals surface area contributed by atoms with Crippen molar-refractivity contribution in [1.29, 1.82) is 0 Å². The van der Waals surface area contributed by atoms with Gasteiger partial charge in [0.25, 0.3) is 0 Å². The van der Waals surface area contributed by atoms with Gasteiger partial charge in [0.05, 0.1) is 12.3 Å². The number of amides is 1. The van der Waals surface area contributed by atoms with Crippen molar-refractivity contribution in [3.05, 3.63) is 18.0 Å². The molecule has 0 bridgehead atoms. The summed E-state index contributed by atoms with van der Waals surface area (Å²) in [7, 11) is 1.84. The van der Waals surface area contributed by atoms with E-state index in [4.69, 9.17) is 5.11 Å². The lowest BCUT2D eigenvalue weighted by atomic mass is 10.2. The maximum absolute atomic E-state index is 11.3. The van der Waals surface area contributed by atoms with Crippen molar-refractivity contribution in [3.8, 4) is 0 Å². The number of carbonyl (C=O) groups is 1. The predicted molar refractivity (Wildman–Crippen MR) is 56.2 cm³/mol. The van der Waals surface area contributed by atoms with Crippen molar-refractivity contribution in [2.75, 3.05) is 6.54 Å². The molecule has 1 heterocycles. The van der Waals surface area contributed by atoms with Crippen LogP contribution in [0.2, 0.25) is 0 Å². The van der Waals surface area contributed by atoms with E-state index in [1.54, 1.807) is 17.8 Å². The Morgan fingerprint density at radius 2 is 2.47 bits per heavy atom. The van der Waals surface area contributed by atoms with E-state index in [9.17, 15) is 4.79 Å². The summed E-state index contributed by atoms with van der Waals surface area (Å²) in [6.45, 7) is 1.95. The molecule has 0 saturated carbocycles. The first-order valence-electron chi connectivity index (χ1n) is 5.00. The Bertz CT molecular complexity index is 320. The maximum atomic E-state index is 11.3. The first-order valence-corrected chi connectivity index (χ1v) is 5.00. The minimum absolute atomic E-state index is 0.0419. The molecule has 1 amide bonds. The number of nitrogens with zero attached hydrogens (tertiary/aromatic N) is 2. The minimum Gasteiger partial charge on any atom is -0.392 e. The quantitative estimate of drug-likeness (QED) is 0.711. The first kappa shape index (κ1) is 11.7. The van der Waals surface area contributed by atoms with Crippen molar-refractivity contribution in [1.82, 2.24) is 15.1 Å². The number of rotatable bonds is 5. The van der Waals surface area contributed by atoms with Crippen LogP contribution in [0, 0.1) is 0 Å². The minimum atomic E-state index is -0.493. The highest BCUT2D eigenvalue weighted by Crippen LogP contribution is 2.00. The molecule has 84 valence electrons. The Hall–Kier alpha value is -1.36. The van der Waals surface area contributed by atoms with Crippen LogP contribution in [-0.2, 0) is 18.3 Å². The molecule has 0 spiro atoms.